The summed E-state index contributed by atoms with van der Waals surface area (Å²) >= 11 is 5.81. The average molecular weight is 286 g/mol. The Morgan fingerprint density at radius 3 is 2.47 bits per heavy atom. The van der Waals surface area contributed by atoms with E-state index in [1.54, 1.807) is 0 Å². The van der Waals surface area contributed by atoms with E-state index < -0.39 is 0 Å². The van der Waals surface area contributed by atoms with Crippen molar-refractivity contribution in [3.05, 3.63) is 5.28 Å². The molecule has 6 heteroatoms. The summed E-state index contributed by atoms with van der Waals surface area (Å²) in [6, 6.07) is 0.421. The first kappa shape index (κ1) is 14.3. The minimum Gasteiger partial charge on any atom is -0.467 e. The Bertz CT molecular complexity index is 454. The van der Waals surface area contributed by atoms with Gasteiger partial charge in [0.1, 0.15) is 6.10 Å². The zero-order valence-corrected chi connectivity index (χ0v) is 12.6. The van der Waals surface area contributed by atoms with E-state index in [0.717, 1.165) is 12.8 Å². The van der Waals surface area contributed by atoms with Crippen molar-refractivity contribution < 1.29 is 9.47 Å². The molecule has 2 rings (SSSR count). The topological polar surface area (TPSA) is 57.1 Å². The quantitative estimate of drug-likeness (QED) is 0.854. The van der Waals surface area contributed by atoms with Crippen molar-refractivity contribution in [3.8, 4) is 12.0 Å². The molecule has 1 aliphatic carbocycles. The standard InChI is InChI=1S/C13H20ClN3O2/c1-8-5-9(7-13(2,3)6-8)19-12-16-10(14)15-11(17-12)18-4/h8-9H,5-7H2,1-4H3. The Morgan fingerprint density at radius 1 is 1.16 bits per heavy atom. The fourth-order valence-electron chi connectivity index (χ4n) is 2.96. The fourth-order valence-corrected chi connectivity index (χ4v) is 3.10. The van der Waals surface area contributed by atoms with Gasteiger partial charge < -0.3 is 9.47 Å². The molecule has 0 aromatic carbocycles. The number of methoxy groups -OCH3 is 1. The van der Waals surface area contributed by atoms with Crippen LogP contribution in [0.15, 0.2) is 0 Å². The first-order valence-electron chi connectivity index (χ1n) is 6.50. The van der Waals surface area contributed by atoms with Gasteiger partial charge in [0, 0.05) is 0 Å². The van der Waals surface area contributed by atoms with E-state index in [4.69, 9.17) is 21.1 Å². The zero-order valence-electron chi connectivity index (χ0n) is 11.8. The highest BCUT2D eigenvalue weighted by atomic mass is 35.5. The number of ether oxygens (including phenoxy) is 2. The molecular weight excluding hydrogens is 266 g/mol. The molecule has 0 bridgehead atoms. The first-order valence-corrected chi connectivity index (χ1v) is 6.88. The van der Waals surface area contributed by atoms with Gasteiger partial charge in [-0.05, 0) is 42.2 Å². The molecular formula is C13H20ClN3O2. The minimum atomic E-state index is 0.0879. The normalized spacial score (nSPS) is 25.9. The van der Waals surface area contributed by atoms with Crippen molar-refractivity contribution in [1.29, 1.82) is 0 Å². The van der Waals surface area contributed by atoms with Crippen LogP contribution in [0.3, 0.4) is 0 Å². The van der Waals surface area contributed by atoms with Gasteiger partial charge in [-0.1, -0.05) is 20.8 Å². The summed E-state index contributed by atoms with van der Waals surface area (Å²) < 4.78 is 10.8. The predicted molar refractivity (Wildman–Crippen MR) is 72.6 cm³/mol. The molecule has 1 aliphatic rings. The van der Waals surface area contributed by atoms with Gasteiger partial charge in [-0.15, -0.1) is 4.98 Å². The molecule has 1 heterocycles. The molecule has 1 saturated carbocycles. The van der Waals surface area contributed by atoms with Crippen LogP contribution in [-0.4, -0.2) is 28.2 Å². The third kappa shape index (κ3) is 3.93. The molecule has 1 aromatic heterocycles. The number of aromatic nitrogens is 3. The van der Waals surface area contributed by atoms with Crippen LogP contribution >= 0.6 is 11.6 Å². The molecule has 2 atom stereocenters. The summed E-state index contributed by atoms with van der Waals surface area (Å²) in [5.74, 6) is 0.632. The second kappa shape index (κ2) is 5.49. The van der Waals surface area contributed by atoms with Crippen molar-refractivity contribution in [2.75, 3.05) is 7.11 Å². The van der Waals surface area contributed by atoms with Crippen LogP contribution in [-0.2, 0) is 0 Å². The van der Waals surface area contributed by atoms with E-state index in [1.165, 1.54) is 13.5 Å². The highest BCUT2D eigenvalue weighted by Gasteiger charge is 2.33. The van der Waals surface area contributed by atoms with E-state index in [9.17, 15) is 0 Å². The number of hydrogen-bond acceptors (Lipinski definition) is 5. The van der Waals surface area contributed by atoms with Gasteiger partial charge in [0.05, 0.1) is 7.11 Å². The summed E-state index contributed by atoms with van der Waals surface area (Å²) in [4.78, 5) is 11.9. The summed E-state index contributed by atoms with van der Waals surface area (Å²) in [6.45, 7) is 6.78. The van der Waals surface area contributed by atoms with Gasteiger partial charge in [-0.2, -0.15) is 9.97 Å². The van der Waals surface area contributed by atoms with Gasteiger partial charge in [0.2, 0.25) is 5.28 Å². The second-order valence-electron chi connectivity index (χ2n) is 6.03. The SMILES string of the molecule is COc1nc(Cl)nc(OC2CC(C)CC(C)(C)C2)n1. The lowest BCUT2D eigenvalue weighted by atomic mass is 9.71. The molecule has 2 unspecified atom stereocenters. The zero-order chi connectivity index (χ0) is 14.0. The molecule has 106 valence electrons. The fraction of sp³-hybridized carbons (Fsp3) is 0.769. The van der Waals surface area contributed by atoms with Gasteiger partial charge in [0.15, 0.2) is 0 Å². The van der Waals surface area contributed by atoms with Crippen molar-refractivity contribution in [2.45, 2.75) is 46.1 Å². The molecule has 1 aromatic rings. The first-order chi connectivity index (χ1) is 8.88. The number of hydrogen-bond donors (Lipinski definition) is 0. The highest BCUT2D eigenvalue weighted by Crippen LogP contribution is 2.39. The summed E-state index contributed by atoms with van der Waals surface area (Å²) in [5.41, 5.74) is 0.281. The smallest absolute Gasteiger partial charge is 0.324 e. The Hall–Kier alpha value is -1.10. The molecule has 1 fully saturated rings. The number of halogens is 1. The van der Waals surface area contributed by atoms with Crippen LogP contribution < -0.4 is 9.47 Å². The van der Waals surface area contributed by atoms with Crippen LogP contribution in [0, 0.1) is 11.3 Å². The third-order valence-electron chi connectivity index (χ3n) is 3.37. The maximum atomic E-state index is 5.86. The van der Waals surface area contributed by atoms with Gasteiger partial charge in [0.25, 0.3) is 0 Å². The van der Waals surface area contributed by atoms with Gasteiger partial charge in [-0.3, -0.25) is 0 Å². The van der Waals surface area contributed by atoms with Crippen LogP contribution in [0.2, 0.25) is 5.28 Å². The van der Waals surface area contributed by atoms with E-state index >= 15 is 0 Å². The number of nitrogens with zero attached hydrogens (tertiary/aromatic N) is 3. The third-order valence-corrected chi connectivity index (χ3v) is 3.54. The van der Waals surface area contributed by atoms with Crippen molar-refractivity contribution in [1.82, 2.24) is 15.0 Å². The summed E-state index contributed by atoms with van der Waals surface area (Å²) in [7, 11) is 1.49. The van der Waals surface area contributed by atoms with Crippen molar-refractivity contribution >= 4 is 11.6 Å². The molecule has 0 amide bonds. The molecule has 0 N–H and O–H groups in total. The minimum absolute atomic E-state index is 0.0879. The lowest BCUT2D eigenvalue weighted by Gasteiger charge is -2.38. The van der Waals surface area contributed by atoms with Crippen molar-refractivity contribution in [2.24, 2.45) is 11.3 Å². The lowest BCUT2D eigenvalue weighted by molar-refractivity contribution is 0.0493. The molecule has 0 saturated heterocycles. The molecule has 0 radical (unpaired) electrons. The van der Waals surface area contributed by atoms with Crippen LogP contribution in [0.1, 0.15) is 40.0 Å². The molecule has 0 spiro atoms. The highest BCUT2D eigenvalue weighted by molar-refractivity contribution is 6.28. The molecule has 19 heavy (non-hydrogen) atoms. The summed E-state index contributed by atoms with van der Waals surface area (Å²) in [5, 5.41) is 0.0879. The maximum Gasteiger partial charge on any atom is 0.324 e. The number of rotatable bonds is 3. The van der Waals surface area contributed by atoms with E-state index in [1.807, 2.05) is 0 Å². The van der Waals surface area contributed by atoms with Gasteiger partial charge >= 0.3 is 12.0 Å². The van der Waals surface area contributed by atoms with E-state index in [2.05, 4.69) is 35.7 Å². The summed E-state index contributed by atoms with van der Waals surface area (Å²) in [6.07, 6.45) is 3.33. The maximum absolute atomic E-state index is 5.86. The average Bonchev–Trinajstić information content (AvgIpc) is 2.24. The largest absolute Gasteiger partial charge is 0.467 e. The van der Waals surface area contributed by atoms with Crippen LogP contribution in [0.25, 0.3) is 0 Å². The lowest BCUT2D eigenvalue weighted by Crippen LogP contribution is -2.34. The Morgan fingerprint density at radius 2 is 1.84 bits per heavy atom. The molecule has 0 aliphatic heterocycles. The van der Waals surface area contributed by atoms with Crippen LogP contribution in [0.4, 0.5) is 0 Å². The monoisotopic (exact) mass is 285 g/mol. The Kier molecular flexibility index (Phi) is 4.13. The predicted octanol–water partition coefficient (Wildman–Crippen LogP) is 3.13. The molecule has 5 nitrogen and oxygen atoms in total. The van der Waals surface area contributed by atoms with Crippen molar-refractivity contribution in [3.63, 3.8) is 0 Å². The van der Waals surface area contributed by atoms with Gasteiger partial charge in [-0.25, -0.2) is 0 Å². The van der Waals surface area contributed by atoms with E-state index in [0.29, 0.717) is 5.92 Å². The second-order valence-corrected chi connectivity index (χ2v) is 6.36. The Labute approximate surface area is 118 Å². The van der Waals surface area contributed by atoms with E-state index in [-0.39, 0.29) is 28.8 Å². The Balaban J connectivity index is 2.10. The van der Waals surface area contributed by atoms with Crippen LogP contribution in [0.5, 0.6) is 12.0 Å².